The van der Waals surface area contributed by atoms with E-state index in [1.165, 1.54) is 0 Å². The van der Waals surface area contributed by atoms with Gasteiger partial charge >= 0.3 is 0 Å². The Hall–Kier alpha value is -0.880. The molecule has 18 heavy (non-hydrogen) atoms. The zero-order valence-electron chi connectivity index (χ0n) is 10.6. The van der Waals surface area contributed by atoms with Crippen LogP contribution in [0.25, 0.3) is 0 Å². The average molecular weight is 272 g/mol. The number of rotatable bonds is 3. The summed E-state index contributed by atoms with van der Waals surface area (Å²) in [6.07, 6.45) is 8.74. The van der Waals surface area contributed by atoms with E-state index in [1.807, 2.05) is 0 Å². The Kier molecular flexibility index (Phi) is 4.07. The second-order valence-corrected chi connectivity index (χ2v) is 6.92. The van der Waals surface area contributed by atoms with Gasteiger partial charge in [-0.2, -0.15) is 0 Å². The second-order valence-electron chi connectivity index (χ2n) is 5.14. The molecule has 1 fully saturated rings. The highest BCUT2D eigenvalue weighted by molar-refractivity contribution is 7.88. The second kappa shape index (κ2) is 5.40. The van der Waals surface area contributed by atoms with Crippen LogP contribution in [0.1, 0.15) is 25.7 Å². The minimum atomic E-state index is -3.18. The summed E-state index contributed by atoms with van der Waals surface area (Å²) >= 11 is 0. The molecular weight excluding hydrogens is 252 g/mol. The number of hydrogen-bond acceptors (Lipinski definition) is 3. The van der Waals surface area contributed by atoms with Crippen LogP contribution in [-0.4, -0.2) is 44.6 Å². The van der Waals surface area contributed by atoms with Gasteiger partial charge in [-0.3, -0.25) is 4.79 Å². The van der Waals surface area contributed by atoms with E-state index in [-0.39, 0.29) is 17.9 Å². The Labute approximate surface area is 108 Å². The summed E-state index contributed by atoms with van der Waals surface area (Å²) in [5.41, 5.74) is 0. The number of allylic oxidation sites excluding steroid dienone is 2. The predicted octanol–water partition coefficient (Wildman–Crippen LogP) is 0.493. The first-order chi connectivity index (χ1) is 8.46. The topological polar surface area (TPSA) is 66.5 Å². The molecule has 0 aromatic carbocycles. The maximum absolute atomic E-state index is 12.2. The molecule has 1 heterocycles. The minimum absolute atomic E-state index is 0.0898. The first-order valence-corrected chi connectivity index (χ1v) is 8.26. The third kappa shape index (κ3) is 3.55. The lowest BCUT2D eigenvalue weighted by molar-refractivity contribution is -0.134. The number of carbonyl (C=O) groups is 1. The molecule has 5 nitrogen and oxygen atoms in total. The predicted molar refractivity (Wildman–Crippen MR) is 69.4 cm³/mol. The summed E-state index contributed by atoms with van der Waals surface area (Å²) in [5, 5.41) is 0. The quantitative estimate of drug-likeness (QED) is 0.761. The maximum atomic E-state index is 12.2. The monoisotopic (exact) mass is 272 g/mol. The van der Waals surface area contributed by atoms with Crippen LogP contribution in [0.4, 0.5) is 0 Å². The summed E-state index contributed by atoms with van der Waals surface area (Å²) in [7, 11) is -3.18. The first-order valence-electron chi connectivity index (χ1n) is 6.37. The Morgan fingerprint density at radius 2 is 2.11 bits per heavy atom. The number of nitrogens with one attached hydrogen (secondary N) is 1. The molecule has 2 aliphatic rings. The van der Waals surface area contributed by atoms with Crippen molar-refractivity contribution in [3.05, 3.63) is 12.2 Å². The van der Waals surface area contributed by atoms with Crippen LogP contribution in [0.15, 0.2) is 12.2 Å². The van der Waals surface area contributed by atoms with Crippen molar-refractivity contribution >= 4 is 15.9 Å². The molecule has 2 atom stereocenters. The highest BCUT2D eigenvalue weighted by Crippen LogP contribution is 2.22. The minimum Gasteiger partial charge on any atom is -0.341 e. The van der Waals surface area contributed by atoms with Gasteiger partial charge < -0.3 is 4.90 Å². The smallest absolute Gasteiger partial charge is 0.226 e. The summed E-state index contributed by atoms with van der Waals surface area (Å²) < 4.78 is 24.9. The van der Waals surface area contributed by atoms with Gasteiger partial charge in [0, 0.05) is 25.0 Å². The van der Waals surface area contributed by atoms with Crippen LogP contribution in [-0.2, 0) is 14.8 Å². The highest BCUT2D eigenvalue weighted by atomic mass is 32.2. The van der Waals surface area contributed by atoms with Crippen molar-refractivity contribution in [2.75, 3.05) is 19.3 Å². The van der Waals surface area contributed by atoms with Crippen LogP contribution < -0.4 is 4.72 Å². The van der Waals surface area contributed by atoms with Crippen LogP contribution in [0.5, 0.6) is 0 Å². The van der Waals surface area contributed by atoms with Crippen molar-refractivity contribution in [2.24, 2.45) is 5.92 Å². The largest absolute Gasteiger partial charge is 0.341 e. The number of nitrogens with zero attached hydrogens (tertiary/aromatic N) is 1. The van der Waals surface area contributed by atoms with Crippen molar-refractivity contribution in [1.29, 1.82) is 0 Å². The van der Waals surface area contributed by atoms with Crippen molar-refractivity contribution in [2.45, 2.75) is 31.7 Å². The van der Waals surface area contributed by atoms with Gasteiger partial charge in [0.25, 0.3) is 0 Å². The molecule has 0 aromatic rings. The molecule has 102 valence electrons. The molecule has 1 saturated heterocycles. The first kappa shape index (κ1) is 13.5. The van der Waals surface area contributed by atoms with Crippen molar-refractivity contribution in [1.82, 2.24) is 9.62 Å². The van der Waals surface area contributed by atoms with Gasteiger partial charge in [-0.1, -0.05) is 12.2 Å². The normalized spacial score (nSPS) is 28.6. The fourth-order valence-electron chi connectivity index (χ4n) is 2.64. The summed E-state index contributed by atoms with van der Waals surface area (Å²) in [5.74, 6) is 0.268. The highest BCUT2D eigenvalue weighted by Gasteiger charge is 2.31. The van der Waals surface area contributed by atoms with Gasteiger partial charge in [0.2, 0.25) is 15.9 Å². The van der Waals surface area contributed by atoms with Crippen LogP contribution >= 0.6 is 0 Å². The van der Waals surface area contributed by atoms with E-state index >= 15 is 0 Å². The molecule has 0 aromatic heterocycles. The molecule has 1 aliphatic heterocycles. The van der Waals surface area contributed by atoms with E-state index < -0.39 is 10.0 Å². The average Bonchev–Trinajstić information content (AvgIpc) is 2.75. The van der Waals surface area contributed by atoms with E-state index in [9.17, 15) is 13.2 Å². The molecule has 0 saturated carbocycles. The Morgan fingerprint density at radius 3 is 2.72 bits per heavy atom. The lowest BCUT2D eigenvalue weighted by Gasteiger charge is -2.24. The lowest BCUT2D eigenvalue weighted by atomic mass is 9.93. The van der Waals surface area contributed by atoms with Crippen LogP contribution in [0.3, 0.4) is 0 Å². The van der Waals surface area contributed by atoms with Crippen molar-refractivity contribution < 1.29 is 13.2 Å². The van der Waals surface area contributed by atoms with E-state index in [0.29, 0.717) is 19.5 Å². The molecule has 0 unspecified atom stereocenters. The van der Waals surface area contributed by atoms with Gasteiger partial charge in [-0.05, 0) is 25.7 Å². The van der Waals surface area contributed by atoms with Crippen molar-refractivity contribution in [3.63, 3.8) is 0 Å². The number of hydrogen-bond donors (Lipinski definition) is 1. The molecule has 2 rings (SSSR count). The van der Waals surface area contributed by atoms with Crippen LogP contribution in [0, 0.1) is 5.92 Å². The summed E-state index contributed by atoms with van der Waals surface area (Å²) in [6.45, 7) is 1.17. The van der Waals surface area contributed by atoms with E-state index in [4.69, 9.17) is 0 Å². The molecule has 1 N–H and O–H groups in total. The fraction of sp³-hybridized carbons (Fsp3) is 0.750. The van der Waals surface area contributed by atoms with Gasteiger partial charge in [0.15, 0.2) is 0 Å². The molecule has 0 radical (unpaired) electrons. The van der Waals surface area contributed by atoms with Gasteiger partial charge in [0.05, 0.1) is 6.26 Å². The SMILES string of the molecule is CS(=O)(=O)N[C@H]1CCN(C(=O)[C@@H]2CC=CCC2)C1. The molecule has 1 amide bonds. The molecule has 6 heteroatoms. The summed E-state index contributed by atoms with van der Waals surface area (Å²) in [6, 6.07) is -0.122. The number of carbonyl (C=O) groups excluding carboxylic acids is 1. The standard InChI is InChI=1S/C12H20N2O3S/c1-18(16,17)13-11-7-8-14(9-11)12(15)10-5-3-2-4-6-10/h2-3,10-11,13H,4-9H2,1H3/t10-,11+/m1/s1. The zero-order chi connectivity index (χ0) is 13.2. The van der Waals surface area contributed by atoms with E-state index in [1.54, 1.807) is 4.90 Å². The van der Waals surface area contributed by atoms with Gasteiger partial charge in [0.1, 0.15) is 0 Å². The fourth-order valence-corrected chi connectivity index (χ4v) is 3.43. The van der Waals surface area contributed by atoms with Crippen molar-refractivity contribution in [3.8, 4) is 0 Å². The lowest BCUT2D eigenvalue weighted by Crippen LogP contribution is -2.39. The zero-order valence-corrected chi connectivity index (χ0v) is 11.4. The molecular formula is C12H20N2O3S. The summed E-state index contributed by atoms with van der Waals surface area (Å²) in [4.78, 5) is 14.0. The third-order valence-corrected chi connectivity index (χ3v) is 4.26. The van der Waals surface area contributed by atoms with Crippen LogP contribution in [0.2, 0.25) is 0 Å². The van der Waals surface area contributed by atoms with Gasteiger partial charge in [-0.25, -0.2) is 13.1 Å². The Morgan fingerprint density at radius 1 is 1.33 bits per heavy atom. The molecule has 0 bridgehead atoms. The van der Waals surface area contributed by atoms with Gasteiger partial charge in [-0.15, -0.1) is 0 Å². The maximum Gasteiger partial charge on any atom is 0.226 e. The number of amides is 1. The number of sulfonamides is 1. The Bertz CT molecular complexity index is 444. The molecule has 0 spiro atoms. The third-order valence-electron chi connectivity index (χ3n) is 3.50. The Balaban J connectivity index is 1.88. The molecule has 1 aliphatic carbocycles. The van der Waals surface area contributed by atoms with E-state index in [0.717, 1.165) is 25.5 Å². The van der Waals surface area contributed by atoms with E-state index in [2.05, 4.69) is 16.9 Å². The number of likely N-dealkylation sites (tertiary alicyclic amines) is 1.